The lowest BCUT2D eigenvalue weighted by molar-refractivity contribution is 0.142. The maximum absolute atomic E-state index is 14.2. The molecular formula is C14H20F3NO2S. The molecule has 0 saturated carbocycles. The zero-order valence-electron chi connectivity index (χ0n) is 12.7. The predicted molar refractivity (Wildman–Crippen MR) is 75.5 cm³/mol. The van der Waals surface area contributed by atoms with Crippen molar-refractivity contribution in [3.8, 4) is 0 Å². The summed E-state index contributed by atoms with van der Waals surface area (Å²) in [6.07, 6.45) is -3.21. The SMILES string of the molecule is CC(C)c1ccc(S(=O)(=O)NC(C)(C)C)c(C(F)F)c1F. The van der Waals surface area contributed by atoms with Crippen molar-refractivity contribution in [3.05, 3.63) is 29.1 Å². The molecule has 3 nitrogen and oxygen atoms in total. The number of nitrogens with one attached hydrogen (secondary N) is 1. The molecule has 1 rings (SSSR count). The molecule has 0 unspecified atom stereocenters. The Bertz CT molecular complexity index is 620. The zero-order valence-corrected chi connectivity index (χ0v) is 13.5. The largest absolute Gasteiger partial charge is 0.267 e. The molecule has 0 aliphatic rings. The second-order valence-corrected chi connectivity index (χ2v) is 7.84. The number of hydrogen-bond donors (Lipinski definition) is 1. The van der Waals surface area contributed by atoms with Gasteiger partial charge >= 0.3 is 0 Å². The molecule has 120 valence electrons. The number of rotatable bonds is 4. The van der Waals surface area contributed by atoms with Gasteiger partial charge in [0.1, 0.15) is 5.82 Å². The first kappa shape index (κ1) is 18.0. The van der Waals surface area contributed by atoms with E-state index in [1.807, 2.05) is 0 Å². The number of alkyl halides is 2. The van der Waals surface area contributed by atoms with Gasteiger partial charge in [-0.1, -0.05) is 19.9 Å². The van der Waals surface area contributed by atoms with Crippen LogP contribution in [-0.2, 0) is 10.0 Å². The van der Waals surface area contributed by atoms with Crippen LogP contribution in [0.4, 0.5) is 13.2 Å². The minimum absolute atomic E-state index is 0.0695. The molecule has 0 fully saturated rings. The summed E-state index contributed by atoms with van der Waals surface area (Å²) in [5, 5.41) is 0. The van der Waals surface area contributed by atoms with E-state index in [2.05, 4.69) is 4.72 Å². The van der Waals surface area contributed by atoms with Crippen molar-refractivity contribution in [3.63, 3.8) is 0 Å². The second kappa shape index (κ2) is 5.96. The molecule has 1 aromatic carbocycles. The van der Waals surface area contributed by atoms with E-state index < -0.39 is 38.3 Å². The van der Waals surface area contributed by atoms with Crippen LogP contribution < -0.4 is 4.72 Å². The van der Waals surface area contributed by atoms with Crippen molar-refractivity contribution >= 4 is 10.0 Å². The van der Waals surface area contributed by atoms with Crippen LogP contribution in [0.15, 0.2) is 17.0 Å². The molecule has 1 aromatic rings. The van der Waals surface area contributed by atoms with Crippen molar-refractivity contribution in [2.75, 3.05) is 0 Å². The van der Waals surface area contributed by atoms with Gasteiger partial charge in [-0.2, -0.15) is 0 Å². The van der Waals surface area contributed by atoms with Crippen LogP contribution in [0.2, 0.25) is 0 Å². The van der Waals surface area contributed by atoms with Crippen molar-refractivity contribution in [1.29, 1.82) is 0 Å². The molecule has 1 N–H and O–H groups in total. The molecule has 0 amide bonds. The minimum atomic E-state index is -4.23. The summed E-state index contributed by atoms with van der Waals surface area (Å²) in [7, 11) is -4.23. The Morgan fingerprint density at radius 1 is 1.14 bits per heavy atom. The van der Waals surface area contributed by atoms with Crippen LogP contribution >= 0.6 is 0 Å². The second-order valence-electron chi connectivity index (χ2n) is 6.19. The Hall–Kier alpha value is -1.08. The molecule has 7 heteroatoms. The highest BCUT2D eigenvalue weighted by Gasteiger charge is 2.31. The summed E-state index contributed by atoms with van der Waals surface area (Å²) < 4.78 is 67.2. The van der Waals surface area contributed by atoms with Crippen LogP contribution in [0.5, 0.6) is 0 Å². The van der Waals surface area contributed by atoms with Gasteiger partial charge in [-0.25, -0.2) is 26.3 Å². The third-order valence-corrected chi connectivity index (χ3v) is 4.56. The van der Waals surface area contributed by atoms with Gasteiger partial charge in [-0.15, -0.1) is 0 Å². The van der Waals surface area contributed by atoms with Gasteiger partial charge in [-0.3, -0.25) is 0 Å². The lowest BCUT2D eigenvalue weighted by atomic mass is 10.00. The maximum atomic E-state index is 14.2. The fourth-order valence-electron chi connectivity index (χ4n) is 1.93. The topological polar surface area (TPSA) is 46.2 Å². The first-order chi connectivity index (χ1) is 9.37. The summed E-state index contributed by atoms with van der Waals surface area (Å²) in [4.78, 5) is -0.714. The van der Waals surface area contributed by atoms with Crippen LogP contribution in [-0.4, -0.2) is 14.0 Å². The van der Waals surface area contributed by atoms with Crippen LogP contribution in [0.1, 0.15) is 58.1 Å². The molecular weight excluding hydrogens is 303 g/mol. The fraction of sp³-hybridized carbons (Fsp3) is 0.571. The average molecular weight is 323 g/mol. The molecule has 0 saturated heterocycles. The fourth-order valence-corrected chi connectivity index (χ4v) is 3.57. The highest BCUT2D eigenvalue weighted by atomic mass is 32.2. The molecule has 0 aliphatic heterocycles. The predicted octanol–water partition coefficient (Wildman–Crippen LogP) is 3.96. The van der Waals surface area contributed by atoms with Crippen molar-refractivity contribution in [2.45, 2.75) is 57.4 Å². The van der Waals surface area contributed by atoms with Crippen molar-refractivity contribution < 1.29 is 21.6 Å². The first-order valence-corrected chi connectivity index (χ1v) is 7.99. The molecule has 0 aromatic heterocycles. The van der Waals surface area contributed by atoms with Crippen LogP contribution in [0.3, 0.4) is 0 Å². The van der Waals surface area contributed by atoms with E-state index in [0.29, 0.717) is 0 Å². The Morgan fingerprint density at radius 3 is 2.05 bits per heavy atom. The molecule has 0 radical (unpaired) electrons. The molecule has 0 spiro atoms. The summed E-state index contributed by atoms with van der Waals surface area (Å²) in [5.41, 5.74) is -1.86. The van der Waals surface area contributed by atoms with Crippen molar-refractivity contribution in [2.24, 2.45) is 0 Å². The highest BCUT2D eigenvalue weighted by molar-refractivity contribution is 7.89. The highest BCUT2D eigenvalue weighted by Crippen LogP contribution is 2.33. The average Bonchev–Trinajstić information content (AvgIpc) is 2.23. The Kier molecular flexibility index (Phi) is 5.10. The van der Waals surface area contributed by atoms with Gasteiger partial charge < -0.3 is 0 Å². The van der Waals surface area contributed by atoms with Crippen molar-refractivity contribution in [1.82, 2.24) is 4.72 Å². The van der Waals surface area contributed by atoms with Crippen LogP contribution in [0.25, 0.3) is 0 Å². The van der Waals surface area contributed by atoms with E-state index in [9.17, 15) is 21.6 Å². The minimum Gasteiger partial charge on any atom is -0.207 e. The monoisotopic (exact) mass is 323 g/mol. The molecule has 21 heavy (non-hydrogen) atoms. The first-order valence-electron chi connectivity index (χ1n) is 6.51. The third-order valence-electron chi connectivity index (χ3n) is 2.74. The number of hydrogen-bond acceptors (Lipinski definition) is 2. The van der Waals surface area contributed by atoms with Gasteiger partial charge in [-0.05, 0) is 38.3 Å². The van der Waals surface area contributed by atoms with Crippen LogP contribution in [0, 0.1) is 5.82 Å². The summed E-state index contributed by atoms with van der Waals surface area (Å²) >= 11 is 0. The molecule has 0 aliphatic carbocycles. The Labute approximate surface area is 123 Å². The van der Waals surface area contributed by atoms with E-state index in [1.54, 1.807) is 34.6 Å². The standard InChI is InChI=1S/C14H20F3NO2S/c1-8(2)9-6-7-10(11(12(9)15)13(16)17)21(19,20)18-14(3,4)5/h6-8,13,18H,1-5H3. The number of benzene rings is 1. The summed E-state index contributed by atoms with van der Waals surface area (Å²) in [5.74, 6) is -1.48. The lowest BCUT2D eigenvalue weighted by Gasteiger charge is -2.22. The smallest absolute Gasteiger partial charge is 0.207 e. The Morgan fingerprint density at radius 2 is 1.67 bits per heavy atom. The van der Waals surface area contributed by atoms with E-state index in [4.69, 9.17) is 0 Å². The molecule has 0 bridgehead atoms. The van der Waals surface area contributed by atoms with Gasteiger partial charge in [0.05, 0.1) is 10.5 Å². The van der Waals surface area contributed by atoms with Gasteiger partial charge in [0, 0.05) is 5.54 Å². The summed E-state index contributed by atoms with van der Waals surface area (Å²) in [6, 6.07) is 2.27. The maximum Gasteiger partial charge on any atom is 0.267 e. The number of halogens is 3. The van der Waals surface area contributed by atoms with Gasteiger partial charge in [0.25, 0.3) is 6.43 Å². The molecule has 0 atom stereocenters. The van der Waals surface area contributed by atoms with E-state index in [-0.39, 0.29) is 11.5 Å². The molecule has 0 heterocycles. The quantitative estimate of drug-likeness (QED) is 0.911. The zero-order chi connectivity index (χ0) is 16.6. The van der Waals surface area contributed by atoms with E-state index >= 15 is 0 Å². The van der Waals surface area contributed by atoms with E-state index in [1.165, 1.54) is 6.07 Å². The number of sulfonamides is 1. The van der Waals surface area contributed by atoms with Gasteiger partial charge in [0.2, 0.25) is 10.0 Å². The third kappa shape index (κ3) is 4.20. The lowest BCUT2D eigenvalue weighted by Crippen LogP contribution is -2.41. The summed E-state index contributed by atoms with van der Waals surface area (Å²) in [6.45, 7) is 8.02. The normalized spacial score (nSPS) is 13.2. The van der Waals surface area contributed by atoms with Gasteiger partial charge in [0.15, 0.2) is 0 Å². The Balaban J connectivity index is 3.55. The van der Waals surface area contributed by atoms with E-state index in [0.717, 1.165) is 6.07 Å².